The minimum absolute atomic E-state index is 0. The first-order valence-corrected chi connectivity index (χ1v) is 4.68. The summed E-state index contributed by atoms with van der Waals surface area (Å²) in [5.74, 6) is -0.985. The van der Waals surface area contributed by atoms with Crippen molar-refractivity contribution in [2.45, 2.75) is 20.1 Å². The Balaban J connectivity index is 0.00000256. The number of ether oxygens (including phenoxy) is 1. The van der Waals surface area contributed by atoms with Crippen LogP contribution in [0, 0.1) is 6.92 Å². The standard InChI is InChI=1S/C10H13N2O4.Zn/c1-6-10(15)8(4-13)7(3-12-6)5-16-9(14)2-11;/h3,15H,2,4-5,11H2,1H3;/q-1;+2/p-1. The van der Waals surface area contributed by atoms with Gasteiger partial charge in [-0.15, -0.1) is 6.61 Å². The van der Waals surface area contributed by atoms with Crippen molar-refractivity contribution in [3.05, 3.63) is 23.0 Å². The molecule has 2 N–H and O–H groups in total. The van der Waals surface area contributed by atoms with Gasteiger partial charge >= 0.3 is 25.4 Å². The van der Waals surface area contributed by atoms with Crippen molar-refractivity contribution >= 4 is 5.97 Å². The van der Waals surface area contributed by atoms with Crippen molar-refractivity contribution in [2.75, 3.05) is 6.54 Å². The maximum atomic E-state index is 11.5. The van der Waals surface area contributed by atoms with Crippen molar-refractivity contribution in [3.63, 3.8) is 0 Å². The van der Waals surface area contributed by atoms with Crippen LogP contribution in [0.1, 0.15) is 16.8 Å². The molecule has 1 heterocycles. The number of carbonyl (C=O) groups is 1. The maximum Gasteiger partial charge on any atom is 2.00 e. The van der Waals surface area contributed by atoms with Crippen LogP contribution in [0.4, 0.5) is 0 Å². The molecule has 0 unspecified atom stereocenters. The average molecular weight is 290 g/mol. The molecule has 0 radical (unpaired) electrons. The Hall–Kier alpha value is -1.04. The molecule has 1 rings (SSSR count). The average Bonchev–Trinajstić information content (AvgIpc) is 2.30. The van der Waals surface area contributed by atoms with Gasteiger partial charge in [-0.3, -0.25) is 9.78 Å². The van der Waals surface area contributed by atoms with Crippen LogP contribution in [0.3, 0.4) is 0 Å². The second kappa shape index (κ2) is 7.32. The molecule has 0 saturated heterocycles. The zero-order valence-electron chi connectivity index (χ0n) is 9.56. The van der Waals surface area contributed by atoms with Gasteiger partial charge in [0.2, 0.25) is 0 Å². The second-order valence-electron chi connectivity index (χ2n) is 3.19. The van der Waals surface area contributed by atoms with Crippen molar-refractivity contribution in [3.8, 4) is 5.75 Å². The largest absolute Gasteiger partial charge is 2.00 e. The van der Waals surface area contributed by atoms with Gasteiger partial charge in [0.25, 0.3) is 0 Å². The van der Waals surface area contributed by atoms with Crippen molar-refractivity contribution in [2.24, 2.45) is 5.73 Å². The van der Waals surface area contributed by atoms with Gasteiger partial charge in [-0.25, -0.2) is 0 Å². The van der Waals surface area contributed by atoms with E-state index in [2.05, 4.69) is 4.98 Å². The summed E-state index contributed by atoms with van der Waals surface area (Å²) in [7, 11) is 0. The number of esters is 1. The normalized spacial score (nSPS) is 9.59. The number of nitrogens with zero attached hydrogens (tertiary/aromatic N) is 1. The number of carbonyl (C=O) groups excluding carboxylic acids is 1. The third kappa shape index (κ3) is 4.04. The van der Waals surface area contributed by atoms with E-state index < -0.39 is 18.3 Å². The minimum Gasteiger partial charge on any atom is -0.871 e. The number of hydrogen-bond donors (Lipinski definition) is 1. The molecule has 0 spiro atoms. The third-order valence-corrected chi connectivity index (χ3v) is 2.10. The summed E-state index contributed by atoms with van der Waals surface area (Å²) in [6.45, 7) is 0.487. The first-order chi connectivity index (χ1) is 7.60. The number of nitrogens with two attached hydrogens (primary N) is 1. The fraction of sp³-hybridized carbons (Fsp3) is 0.400. The third-order valence-electron chi connectivity index (χ3n) is 2.10. The molecule has 88 valence electrons. The molecule has 0 aromatic carbocycles. The summed E-state index contributed by atoms with van der Waals surface area (Å²) in [6, 6.07) is 0. The summed E-state index contributed by atoms with van der Waals surface area (Å²) in [6.07, 6.45) is 1.37. The molecule has 6 nitrogen and oxygen atoms in total. The Morgan fingerprint density at radius 1 is 1.59 bits per heavy atom. The van der Waals surface area contributed by atoms with Crippen LogP contribution in [0.25, 0.3) is 0 Å². The van der Waals surface area contributed by atoms with Gasteiger partial charge in [-0.2, -0.15) is 0 Å². The van der Waals surface area contributed by atoms with Crippen LogP contribution in [-0.2, 0) is 42.2 Å². The van der Waals surface area contributed by atoms with E-state index in [-0.39, 0.29) is 43.9 Å². The molecule has 0 saturated carbocycles. The molecule has 0 amide bonds. The Morgan fingerprint density at radius 3 is 2.76 bits per heavy atom. The molecular weight excluding hydrogens is 278 g/mol. The zero-order chi connectivity index (χ0) is 12.1. The molecular formula is C10H12N2O4Zn. The van der Waals surface area contributed by atoms with Crippen LogP contribution in [0.5, 0.6) is 5.75 Å². The summed E-state index contributed by atoms with van der Waals surface area (Å²) in [5, 5.41) is 22.4. The van der Waals surface area contributed by atoms with Gasteiger partial charge in [-0.05, 0) is 6.92 Å². The van der Waals surface area contributed by atoms with Gasteiger partial charge in [0.05, 0.1) is 6.54 Å². The number of hydrogen-bond acceptors (Lipinski definition) is 6. The molecule has 0 atom stereocenters. The first-order valence-electron chi connectivity index (χ1n) is 4.68. The monoisotopic (exact) mass is 288 g/mol. The fourth-order valence-corrected chi connectivity index (χ4v) is 1.18. The Kier molecular flexibility index (Phi) is 6.87. The Labute approximate surface area is 112 Å². The molecule has 0 aliphatic heterocycles. The summed E-state index contributed by atoms with van der Waals surface area (Å²) in [4.78, 5) is 14.6. The maximum absolute atomic E-state index is 11.5. The first kappa shape index (κ1) is 16.0. The summed E-state index contributed by atoms with van der Waals surface area (Å²) in [5.41, 5.74) is 5.75. The fourth-order valence-electron chi connectivity index (χ4n) is 1.18. The van der Waals surface area contributed by atoms with Crippen LogP contribution in [0.2, 0.25) is 0 Å². The predicted molar refractivity (Wildman–Crippen MR) is 51.0 cm³/mol. The molecule has 0 bridgehead atoms. The van der Waals surface area contributed by atoms with Gasteiger partial charge in [-0.1, -0.05) is 11.3 Å². The van der Waals surface area contributed by atoms with Gasteiger partial charge in [0.15, 0.2) is 0 Å². The van der Waals surface area contributed by atoms with Gasteiger partial charge < -0.3 is 20.7 Å². The zero-order valence-corrected chi connectivity index (χ0v) is 12.5. The van der Waals surface area contributed by atoms with E-state index in [0.29, 0.717) is 5.56 Å². The molecule has 1 aromatic heterocycles. The van der Waals surface area contributed by atoms with Crippen LogP contribution < -0.4 is 15.9 Å². The van der Waals surface area contributed by atoms with Crippen LogP contribution in [0.15, 0.2) is 6.20 Å². The smallest absolute Gasteiger partial charge is 0.871 e. The van der Waals surface area contributed by atoms with Gasteiger partial charge in [0.1, 0.15) is 6.61 Å². The van der Waals surface area contributed by atoms with E-state index in [1.165, 1.54) is 13.1 Å². The number of aryl methyl sites for hydroxylation is 1. The van der Waals surface area contributed by atoms with Crippen molar-refractivity contribution < 1.29 is 39.2 Å². The molecule has 1 aromatic rings. The molecule has 7 heteroatoms. The number of pyridine rings is 1. The predicted octanol–water partition coefficient (Wildman–Crippen LogP) is -1.68. The summed E-state index contributed by atoms with van der Waals surface area (Å²) < 4.78 is 4.73. The van der Waals surface area contributed by atoms with E-state index in [1.807, 2.05) is 0 Å². The van der Waals surface area contributed by atoms with Crippen LogP contribution >= 0.6 is 0 Å². The van der Waals surface area contributed by atoms with E-state index in [0.717, 1.165) is 0 Å². The number of aromatic nitrogens is 1. The van der Waals surface area contributed by atoms with E-state index in [9.17, 15) is 15.0 Å². The van der Waals surface area contributed by atoms with Gasteiger partial charge in [0, 0.05) is 17.5 Å². The van der Waals surface area contributed by atoms with E-state index in [1.54, 1.807) is 0 Å². The topological polar surface area (TPSA) is 111 Å². The number of rotatable bonds is 4. The van der Waals surface area contributed by atoms with E-state index >= 15 is 0 Å². The molecule has 0 aliphatic carbocycles. The van der Waals surface area contributed by atoms with Crippen molar-refractivity contribution in [1.82, 2.24) is 4.98 Å². The molecule has 0 aliphatic rings. The SMILES string of the molecule is Cc1ncc(COC(=O)CN)c(C[O-])c1[O-].[Zn+2]. The Bertz CT molecular complexity index is 398. The quantitative estimate of drug-likeness (QED) is 0.524. The molecule has 17 heavy (non-hydrogen) atoms. The minimum atomic E-state index is -0.655. The summed E-state index contributed by atoms with van der Waals surface area (Å²) >= 11 is 0. The Morgan fingerprint density at radius 2 is 2.24 bits per heavy atom. The van der Waals surface area contributed by atoms with E-state index in [4.69, 9.17) is 10.5 Å². The molecule has 0 fully saturated rings. The van der Waals surface area contributed by atoms with Crippen LogP contribution in [-0.4, -0.2) is 17.5 Å². The van der Waals surface area contributed by atoms with Crippen molar-refractivity contribution in [1.29, 1.82) is 0 Å². The second-order valence-corrected chi connectivity index (χ2v) is 3.19.